The van der Waals surface area contributed by atoms with Crippen molar-refractivity contribution in [3.05, 3.63) is 48.0 Å². The lowest BCUT2D eigenvalue weighted by Crippen LogP contribution is -2.42. The number of hydrogen-bond donors (Lipinski definition) is 3. The highest BCUT2D eigenvalue weighted by Gasteiger charge is 2.24. The Morgan fingerprint density at radius 1 is 1.03 bits per heavy atom. The summed E-state index contributed by atoms with van der Waals surface area (Å²) < 4.78 is 16.2. The first kappa shape index (κ1) is 21.0. The highest BCUT2D eigenvalue weighted by atomic mass is 16.6. The predicted molar refractivity (Wildman–Crippen MR) is 109 cm³/mol. The van der Waals surface area contributed by atoms with E-state index in [9.17, 15) is 14.4 Å². The summed E-state index contributed by atoms with van der Waals surface area (Å²) in [6.45, 7) is 1.97. The minimum atomic E-state index is -0.981. The molecule has 2 aromatic rings. The van der Waals surface area contributed by atoms with E-state index in [1.807, 2.05) is 0 Å². The minimum Gasteiger partial charge on any atom is -0.497 e. The Morgan fingerprint density at radius 2 is 1.73 bits per heavy atom. The van der Waals surface area contributed by atoms with Gasteiger partial charge in [0.1, 0.15) is 25.0 Å². The summed E-state index contributed by atoms with van der Waals surface area (Å²) in [5, 5.41) is 7.84. The zero-order chi connectivity index (χ0) is 21.5. The summed E-state index contributed by atoms with van der Waals surface area (Å²) >= 11 is 0. The van der Waals surface area contributed by atoms with Crippen LogP contribution in [-0.2, 0) is 14.4 Å². The fourth-order valence-corrected chi connectivity index (χ4v) is 2.85. The van der Waals surface area contributed by atoms with Gasteiger partial charge in [-0.05, 0) is 29.8 Å². The van der Waals surface area contributed by atoms with E-state index >= 15 is 0 Å². The maximum absolute atomic E-state index is 13.0. The van der Waals surface area contributed by atoms with Crippen LogP contribution < -0.4 is 30.2 Å². The van der Waals surface area contributed by atoms with Gasteiger partial charge < -0.3 is 30.2 Å². The molecular weight excluding hydrogens is 390 g/mol. The molecule has 1 atom stereocenters. The fraction of sp³-hybridized carbons (Fsp3) is 0.286. The van der Waals surface area contributed by atoms with Crippen LogP contribution in [-0.4, -0.2) is 44.6 Å². The maximum Gasteiger partial charge on any atom is 0.251 e. The molecule has 0 saturated carbocycles. The number of carbonyl (C=O) groups is 3. The number of carbonyl (C=O) groups excluding carboxylic acids is 3. The number of hydrogen-bond acceptors (Lipinski definition) is 6. The Balaban J connectivity index is 1.78. The predicted octanol–water partition coefficient (Wildman–Crippen LogP) is 1.40. The van der Waals surface area contributed by atoms with Crippen LogP contribution in [0.1, 0.15) is 18.5 Å². The van der Waals surface area contributed by atoms with Crippen molar-refractivity contribution in [2.75, 3.05) is 32.2 Å². The van der Waals surface area contributed by atoms with Gasteiger partial charge in [0.25, 0.3) is 5.91 Å². The zero-order valence-electron chi connectivity index (χ0n) is 16.7. The smallest absolute Gasteiger partial charge is 0.251 e. The summed E-state index contributed by atoms with van der Waals surface area (Å²) in [5.74, 6) is 0.474. The van der Waals surface area contributed by atoms with Crippen LogP contribution in [0.3, 0.4) is 0 Å². The highest BCUT2D eigenvalue weighted by Crippen LogP contribution is 2.33. The lowest BCUT2D eigenvalue weighted by molar-refractivity contribution is -0.127. The lowest BCUT2D eigenvalue weighted by Gasteiger charge is -2.21. The van der Waals surface area contributed by atoms with E-state index in [4.69, 9.17) is 14.2 Å². The Labute approximate surface area is 173 Å². The molecule has 0 aromatic heterocycles. The first-order chi connectivity index (χ1) is 14.5. The number of fused-ring (bicyclic) bond motifs is 1. The van der Waals surface area contributed by atoms with Crippen LogP contribution in [0.25, 0.3) is 0 Å². The minimum absolute atomic E-state index is 0.237. The monoisotopic (exact) mass is 413 g/mol. The van der Waals surface area contributed by atoms with Gasteiger partial charge in [0.2, 0.25) is 11.8 Å². The number of ether oxygens (including phenoxy) is 3. The third-order valence-corrected chi connectivity index (χ3v) is 4.32. The Morgan fingerprint density at radius 3 is 2.40 bits per heavy atom. The van der Waals surface area contributed by atoms with Gasteiger partial charge in [0, 0.05) is 18.7 Å². The summed E-state index contributed by atoms with van der Waals surface area (Å²) in [4.78, 5) is 36.3. The highest BCUT2D eigenvalue weighted by molar-refractivity contribution is 5.98. The van der Waals surface area contributed by atoms with Crippen LogP contribution >= 0.6 is 0 Å². The van der Waals surface area contributed by atoms with Gasteiger partial charge in [-0.1, -0.05) is 12.1 Å². The molecule has 3 N–H and O–H groups in total. The van der Waals surface area contributed by atoms with Gasteiger partial charge in [0.15, 0.2) is 11.5 Å². The quantitative estimate of drug-likeness (QED) is 0.632. The molecule has 158 valence electrons. The molecule has 0 unspecified atom stereocenters. The van der Waals surface area contributed by atoms with E-state index in [0.717, 1.165) is 0 Å². The molecule has 0 spiro atoms. The molecule has 9 nitrogen and oxygen atoms in total. The number of nitrogens with one attached hydrogen (secondary N) is 3. The summed E-state index contributed by atoms with van der Waals surface area (Å²) in [7, 11) is 1.54. The van der Waals surface area contributed by atoms with Gasteiger partial charge in [-0.15, -0.1) is 0 Å². The van der Waals surface area contributed by atoms with E-state index < -0.39 is 17.9 Å². The van der Waals surface area contributed by atoms with Crippen molar-refractivity contribution in [2.45, 2.75) is 13.0 Å². The van der Waals surface area contributed by atoms with Crippen molar-refractivity contribution in [1.29, 1.82) is 0 Å². The Kier molecular flexibility index (Phi) is 6.74. The van der Waals surface area contributed by atoms with Crippen LogP contribution in [0.2, 0.25) is 0 Å². The van der Waals surface area contributed by atoms with E-state index in [2.05, 4.69) is 16.0 Å². The molecular formula is C21H23N3O6. The van der Waals surface area contributed by atoms with Crippen molar-refractivity contribution in [3.63, 3.8) is 0 Å². The van der Waals surface area contributed by atoms with E-state index in [1.165, 1.54) is 14.0 Å². The summed E-state index contributed by atoms with van der Waals surface area (Å²) in [6.07, 6.45) is 0. The third-order valence-electron chi connectivity index (χ3n) is 4.32. The van der Waals surface area contributed by atoms with Gasteiger partial charge in [-0.25, -0.2) is 0 Å². The van der Waals surface area contributed by atoms with Crippen LogP contribution in [0.5, 0.6) is 17.2 Å². The van der Waals surface area contributed by atoms with E-state index in [1.54, 1.807) is 42.5 Å². The molecule has 0 aliphatic carbocycles. The van der Waals surface area contributed by atoms with E-state index in [0.29, 0.717) is 41.7 Å². The van der Waals surface area contributed by atoms with Crippen LogP contribution in [0.15, 0.2) is 42.5 Å². The molecule has 3 rings (SSSR count). The average Bonchev–Trinajstić information content (AvgIpc) is 2.76. The molecule has 0 bridgehead atoms. The second-order valence-electron chi connectivity index (χ2n) is 6.53. The lowest BCUT2D eigenvalue weighted by atomic mass is 10.1. The molecule has 30 heavy (non-hydrogen) atoms. The standard InChI is InChI=1S/C21H23N3O6/c1-13(25)22-12-19(26)24-20(14-3-6-16(28-2)7-4-14)21(27)23-15-5-8-17-18(11-15)30-10-9-29-17/h3-8,11,20H,9-10,12H2,1-2H3,(H,22,25)(H,23,27)(H,24,26)/t20-/m0/s1. The average molecular weight is 413 g/mol. The van der Waals surface area contributed by atoms with Crippen LogP contribution in [0.4, 0.5) is 5.69 Å². The molecule has 0 fully saturated rings. The number of anilines is 1. The molecule has 1 aliphatic rings. The number of amides is 3. The molecule has 3 amide bonds. The van der Waals surface area contributed by atoms with Gasteiger partial charge in [-0.2, -0.15) is 0 Å². The third kappa shape index (κ3) is 5.40. The Hall–Kier alpha value is -3.75. The maximum atomic E-state index is 13.0. The number of methoxy groups -OCH3 is 1. The van der Waals surface area contributed by atoms with Gasteiger partial charge in [0.05, 0.1) is 13.7 Å². The molecule has 1 aliphatic heterocycles. The second-order valence-corrected chi connectivity index (χ2v) is 6.53. The van der Waals surface area contributed by atoms with Crippen molar-refractivity contribution < 1.29 is 28.6 Å². The normalized spacial score (nSPS) is 13.0. The molecule has 1 heterocycles. The molecule has 2 aromatic carbocycles. The summed E-state index contributed by atoms with van der Waals surface area (Å²) in [5.41, 5.74) is 1.06. The molecule has 0 saturated heterocycles. The fourth-order valence-electron chi connectivity index (χ4n) is 2.85. The SMILES string of the molecule is COc1ccc([C@H](NC(=O)CNC(C)=O)C(=O)Nc2ccc3c(c2)OCCO3)cc1. The van der Waals surface area contributed by atoms with Crippen molar-refractivity contribution in [3.8, 4) is 17.2 Å². The molecule has 0 radical (unpaired) electrons. The zero-order valence-corrected chi connectivity index (χ0v) is 16.7. The van der Waals surface area contributed by atoms with Crippen LogP contribution in [0, 0.1) is 0 Å². The van der Waals surface area contributed by atoms with E-state index in [-0.39, 0.29) is 12.5 Å². The Bertz CT molecular complexity index is 929. The largest absolute Gasteiger partial charge is 0.497 e. The number of benzene rings is 2. The molecule has 9 heteroatoms. The summed E-state index contributed by atoms with van der Waals surface area (Å²) in [6, 6.07) is 10.8. The van der Waals surface area contributed by atoms with Gasteiger partial charge >= 0.3 is 0 Å². The van der Waals surface area contributed by atoms with Crippen molar-refractivity contribution >= 4 is 23.4 Å². The number of rotatable bonds is 7. The van der Waals surface area contributed by atoms with Gasteiger partial charge in [-0.3, -0.25) is 14.4 Å². The second kappa shape index (κ2) is 9.64. The van der Waals surface area contributed by atoms with Crippen molar-refractivity contribution in [2.24, 2.45) is 0 Å². The first-order valence-corrected chi connectivity index (χ1v) is 9.34. The first-order valence-electron chi connectivity index (χ1n) is 9.34. The van der Waals surface area contributed by atoms with Crippen molar-refractivity contribution in [1.82, 2.24) is 10.6 Å². The topological polar surface area (TPSA) is 115 Å².